The van der Waals surface area contributed by atoms with Crippen molar-refractivity contribution in [3.05, 3.63) is 100 Å². The first-order valence-corrected chi connectivity index (χ1v) is 10.2. The standard InChI is InChI=1S/C25H23N3O4/c1-17-6-9-21(10-7-17)32-16-24(29)27-19-4-3-5-22(12-19)31-15-20-13-25(30)28-14-18(2)8-11-23(28)26-20/h3-14H,15-16H2,1-2H3,(H,27,29). The van der Waals surface area contributed by atoms with Gasteiger partial charge in [0.15, 0.2) is 6.61 Å². The van der Waals surface area contributed by atoms with Crippen LogP contribution in [-0.2, 0) is 11.4 Å². The number of ether oxygens (including phenoxy) is 2. The highest BCUT2D eigenvalue weighted by Crippen LogP contribution is 2.19. The minimum atomic E-state index is -0.276. The molecule has 162 valence electrons. The molecule has 7 heteroatoms. The first-order valence-electron chi connectivity index (χ1n) is 10.2. The van der Waals surface area contributed by atoms with Gasteiger partial charge in [0, 0.05) is 24.0 Å². The number of aromatic nitrogens is 2. The summed E-state index contributed by atoms with van der Waals surface area (Å²) in [6.07, 6.45) is 1.75. The van der Waals surface area contributed by atoms with E-state index in [4.69, 9.17) is 9.47 Å². The number of anilines is 1. The Balaban J connectivity index is 1.36. The van der Waals surface area contributed by atoms with Crippen LogP contribution in [0.25, 0.3) is 5.65 Å². The van der Waals surface area contributed by atoms with Crippen LogP contribution in [0, 0.1) is 13.8 Å². The zero-order valence-electron chi connectivity index (χ0n) is 17.9. The highest BCUT2D eigenvalue weighted by atomic mass is 16.5. The molecule has 0 atom stereocenters. The zero-order chi connectivity index (χ0) is 22.5. The zero-order valence-corrected chi connectivity index (χ0v) is 17.9. The van der Waals surface area contributed by atoms with E-state index in [9.17, 15) is 9.59 Å². The summed E-state index contributed by atoms with van der Waals surface area (Å²) in [5.74, 6) is 0.909. The average Bonchev–Trinajstić information content (AvgIpc) is 2.78. The van der Waals surface area contributed by atoms with Crippen LogP contribution in [0.1, 0.15) is 16.8 Å². The molecule has 0 radical (unpaired) electrons. The molecular weight excluding hydrogens is 406 g/mol. The highest BCUT2D eigenvalue weighted by molar-refractivity contribution is 5.92. The molecule has 0 aliphatic carbocycles. The lowest BCUT2D eigenvalue weighted by Gasteiger charge is -2.10. The molecule has 0 bridgehead atoms. The first kappa shape index (κ1) is 21.1. The van der Waals surface area contributed by atoms with Gasteiger partial charge in [0.05, 0.1) is 5.69 Å². The second kappa shape index (κ2) is 9.34. The van der Waals surface area contributed by atoms with Gasteiger partial charge in [-0.05, 0) is 49.7 Å². The predicted octanol–water partition coefficient (Wildman–Crippen LogP) is 3.91. The number of pyridine rings is 1. The molecule has 1 amide bonds. The third-order valence-corrected chi connectivity index (χ3v) is 4.76. The number of amides is 1. The lowest BCUT2D eigenvalue weighted by Crippen LogP contribution is -2.20. The fourth-order valence-electron chi connectivity index (χ4n) is 3.13. The molecule has 4 rings (SSSR count). The van der Waals surface area contributed by atoms with Gasteiger partial charge in [0.2, 0.25) is 0 Å². The lowest BCUT2D eigenvalue weighted by atomic mass is 10.2. The van der Waals surface area contributed by atoms with E-state index in [1.54, 1.807) is 36.5 Å². The number of benzene rings is 2. The van der Waals surface area contributed by atoms with E-state index >= 15 is 0 Å². The van der Waals surface area contributed by atoms with Crippen molar-refractivity contribution in [2.45, 2.75) is 20.5 Å². The van der Waals surface area contributed by atoms with E-state index < -0.39 is 0 Å². The van der Waals surface area contributed by atoms with Gasteiger partial charge < -0.3 is 14.8 Å². The third-order valence-electron chi connectivity index (χ3n) is 4.76. The molecule has 0 aliphatic heterocycles. The Kier molecular flexibility index (Phi) is 6.17. The van der Waals surface area contributed by atoms with Crippen LogP contribution in [0.3, 0.4) is 0 Å². The number of fused-ring (bicyclic) bond motifs is 1. The molecule has 0 saturated heterocycles. The van der Waals surface area contributed by atoms with E-state index in [2.05, 4.69) is 10.3 Å². The predicted molar refractivity (Wildman–Crippen MR) is 122 cm³/mol. The monoisotopic (exact) mass is 429 g/mol. The Bertz CT molecular complexity index is 1310. The van der Waals surface area contributed by atoms with E-state index in [0.717, 1.165) is 11.1 Å². The van der Waals surface area contributed by atoms with Crippen molar-refractivity contribution in [2.75, 3.05) is 11.9 Å². The van der Waals surface area contributed by atoms with Crippen molar-refractivity contribution < 1.29 is 14.3 Å². The number of nitrogens with zero attached hydrogens (tertiary/aromatic N) is 2. The number of carbonyl (C=O) groups excluding carboxylic acids is 1. The molecule has 7 nitrogen and oxygen atoms in total. The minimum Gasteiger partial charge on any atom is -0.487 e. The topological polar surface area (TPSA) is 81.9 Å². The quantitative estimate of drug-likeness (QED) is 0.482. The van der Waals surface area contributed by atoms with E-state index in [1.807, 2.05) is 44.2 Å². The fraction of sp³-hybridized carbons (Fsp3) is 0.160. The fourth-order valence-corrected chi connectivity index (χ4v) is 3.13. The number of aryl methyl sites for hydroxylation is 2. The summed E-state index contributed by atoms with van der Waals surface area (Å²) in [4.78, 5) is 29.0. The largest absolute Gasteiger partial charge is 0.487 e. The maximum Gasteiger partial charge on any atom is 0.262 e. The molecule has 2 aromatic carbocycles. The Morgan fingerprint density at radius 1 is 0.938 bits per heavy atom. The molecule has 32 heavy (non-hydrogen) atoms. The summed E-state index contributed by atoms with van der Waals surface area (Å²) in [5, 5.41) is 2.79. The van der Waals surface area contributed by atoms with Gasteiger partial charge in [-0.3, -0.25) is 14.0 Å². The number of rotatable bonds is 7. The molecule has 0 saturated carbocycles. The van der Waals surface area contributed by atoms with Crippen LogP contribution in [0.2, 0.25) is 0 Å². The van der Waals surface area contributed by atoms with Gasteiger partial charge in [-0.15, -0.1) is 0 Å². The third kappa shape index (κ3) is 5.31. The van der Waals surface area contributed by atoms with Crippen LogP contribution in [0.5, 0.6) is 11.5 Å². The van der Waals surface area contributed by atoms with E-state index in [-0.39, 0.29) is 24.7 Å². The smallest absolute Gasteiger partial charge is 0.262 e. The van der Waals surface area contributed by atoms with Crippen molar-refractivity contribution >= 4 is 17.2 Å². The van der Waals surface area contributed by atoms with Gasteiger partial charge in [-0.25, -0.2) is 4.98 Å². The van der Waals surface area contributed by atoms with Crippen LogP contribution in [-0.4, -0.2) is 21.9 Å². The molecule has 0 unspecified atom stereocenters. The second-order valence-electron chi connectivity index (χ2n) is 7.49. The summed E-state index contributed by atoms with van der Waals surface area (Å²) in [5.41, 5.74) is 3.62. The average molecular weight is 429 g/mol. The Hall–Kier alpha value is -4.13. The Morgan fingerprint density at radius 3 is 2.53 bits per heavy atom. The summed E-state index contributed by atoms with van der Waals surface area (Å²) in [6.45, 7) is 3.94. The van der Waals surface area contributed by atoms with Crippen molar-refractivity contribution in [3.63, 3.8) is 0 Å². The molecular formula is C25H23N3O4. The number of hydrogen-bond donors (Lipinski definition) is 1. The SMILES string of the molecule is Cc1ccc(OCC(=O)Nc2cccc(OCc3cc(=O)n4cc(C)ccc4n3)c2)cc1. The summed E-state index contributed by atoms with van der Waals surface area (Å²) < 4.78 is 12.8. The minimum absolute atomic E-state index is 0.0986. The molecule has 2 aromatic heterocycles. The molecule has 1 N–H and O–H groups in total. The van der Waals surface area contributed by atoms with Gasteiger partial charge in [-0.2, -0.15) is 0 Å². The van der Waals surface area contributed by atoms with Crippen LogP contribution in [0.4, 0.5) is 5.69 Å². The summed E-state index contributed by atoms with van der Waals surface area (Å²) in [6, 6.07) is 19.7. The number of carbonyl (C=O) groups is 1. The maximum absolute atomic E-state index is 12.3. The van der Waals surface area contributed by atoms with E-state index in [1.165, 1.54) is 10.5 Å². The Morgan fingerprint density at radius 2 is 1.72 bits per heavy atom. The first-order chi connectivity index (χ1) is 15.5. The number of hydrogen-bond acceptors (Lipinski definition) is 5. The van der Waals surface area contributed by atoms with E-state index in [0.29, 0.717) is 28.5 Å². The summed E-state index contributed by atoms with van der Waals surface area (Å²) >= 11 is 0. The summed E-state index contributed by atoms with van der Waals surface area (Å²) in [7, 11) is 0. The molecule has 0 aliphatic rings. The van der Waals surface area contributed by atoms with Crippen LogP contribution < -0.4 is 20.3 Å². The second-order valence-corrected chi connectivity index (χ2v) is 7.49. The van der Waals surface area contributed by atoms with Gasteiger partial charge in [0.25, 0.3) is 11.5 Å². The lowest BCUT2D eigenvalue weighted by molar-refractivity contribution is -0.118. The highest BCUT2D eigenvalue weighted by Gasteiger charge is 2.07. The normalized spacial score (nSPS) is 10.7. The number of nitrogens with one attached hydrogen (secondary N) is 1. The van der Waals surface area contributed by atoms with Gasteiger partial charge >= 0.3 is 0 Å². The molecule has 0 fully saturated rings. The maximum atomic E-state index is 12.3. The Labute approximate surface area is 185 Å². The van der Waals surface area contributed by atoms with Crippen molar-refractivity contribution in [3.8, 4) is 11.5 Å². The van der Waals surface area contributed by atoms with Crippen molar-refractivity contribution in [1.82, 2.24) is 9.38 Å². The van der Waals surface area contributed by atoms with Crippen molar-refractivity contribution in [1.29, 1.82) is 0 Å². The molecule has 0 spiro atoms. The van der Waals surface area contributed by atoms with Crippen molar-refractivity contribution in [2.24, 2.45) is 0 Å². The van der Waals surface area contributed by atoms with Crippen LogP contribution in [0.15, 0.2) is 77.7 Å². The van der Waals surface area contributed by atoms with Crippen LogP contribution >= 0.6 is 0 Å². The van der Waals surface area contributed by atoms with Gasteiger partial charge in [-0.1, -0.05) is 29.8 Å². The molecule has 2 heterocycles. The molecule has 4 aromatic rings. The van der Waals surface area contributed by atoms with Gasteiger partial charge in [0.1, 0.15) is 23.8 Å².